The Labute approximate surface area is 131 Å². The molecule has 118 valence electrons. The second-order valence-electron chi connectivity index (χ2n) is 5.24. The van der Waals surface area contributed by atoms with E-state index in [2.05, 4.69) is 14.8 Å². The highest BCUT2D eigenvalue weighted by molar-refractivity contribution is 6.29. The highest BCUT2D eigenvalue weighted by Crippen LogP contribution is 2.28. The molecule has 1 aromatic heterocycles. The van der Waals surface area contributed by atoms with E-state index < -0.39 is 0 Å². The third-order valence-corrected chi connectivity index (χ3v) is 4.14. The molecule has 0 spiro atoms. The van der Waals surface area contributed by atoms with Crippen LogP contribution in [0.25, 0.3) is 0 Å². The normalized spacial score (nSPS) is 18.0. The molecule has 1 saturated heterocycles. The van der Waals surface area contributed by atoms with E-state index >= 15 is 0 Å². The number of hydrogen-bond acceptors (Lipinski definition) is 5. The molecule has 1 aliphatic rings. The number of methoxy groups -OCH3 is 2. The van der Waals surface area contributed by atoms with Crippen LogP contribution in [0.1, 0.15) is 18.7 Å². The predicted octanol–water partition coefficient (Wildman–Crippen LogP) is 2.21. The van der Waals surface area contributed by atoms with Gasteiger partial charge in [-0.25, -0.2) is 4.98 Å². The Morgan fingerprint density at radius 3 is 2.57 bits per heavy atom. The summed E-state index contributed by atoms with van der Waals surface area (Å²) in [4.78, 5) is 9.23. The molecule has 0 aromatic carbocycles. The van der Waals surface area contributed by atoms with Crippen LogP contribution in [-0.4, -0.2) is 63.4 Å². The maximum Gasteiger partial charge on any atom is 0.129 e. The van der Waals surface area contributed by atoms with Gasteiger partial charge in [0.15, 0.2) is 0 Å². The number of halogens is 1. The summed E-state index contributed by atoms with van der Waals surface area (Å²) in [6.07, 6.45) is -0.0646. The number of ether oxygens (including phenoxy) is 2. The Morgan fingerprint density at radius 2 is 1.95 bits per heavy atom. The number of piperazine rings is 1. The molecule has 21 heavy (non-hydrogen) atoms. The molecule has 0 saturated carbocycles. The van der Waals surface area contributed by atoms with Gasteiger partial charge in [0.25, 0.3) is 0 Å². The van der Waals surface area contributed by atoms with Crippen LogP contribution in [0.15, 0.2) is 12.1 Å². The Hall–Kier alpha value is -0.880. The lowest BCUT2D eigenvalue weighted by atomic mass is 10.1. The molecule has 1 atom stereocenters. The fourth-order valence-corrected chi connectivity index (χ4v) is 2.71. The SMILES string of the molecule is COCCN1CCN(c2ccc(Cl)nc2C(C)OC)CC1. The van der Waals surface area contributed by atoms with E-state index in [4.69, 9.17) is 21.1 Å². The number of pyridine rings is 1. The van der Waals surface area contributed by atoms with Crippen LogP contribution in [-0.2, 0) is 9.47 Å². The molecular weight excluding hydrogens is 290 g/mol. The molecule has 0 aliphatic carbocycles. The van der Waals surface area contributed by atoms with Gasteiger partial charge in [0, 0.05) is 46.9 Å². The lowest BCUT2D eigenvalue weighted by Crippen LogP contribution is -2.47. The monoisotopic (exact) mass is 313 g/mol. The zero-order valence-corrected chi connectivity index (χ0v) is 13.8. The van der Waals surface area contributed by atoms with Crippen LogP contribution in [0.4, 0.5) is 5.69 Å². The van der Waals surface area contributed by atoms with Crippen LogP contribution in [0.2, 0.25) is 5.15 Å². The Balaban J connectivity index is 2.06. The van der Waals surface area contributed by atoms with Crippen molar-refractivity contribution in [2.24, 2.45) is 0 Å². The van der Waals surface area contributed by atoms with Crippen molar-refractivity contribution in [3.05, 3.63) is 23.0 Å². The zero-order valence-electron chi connectivity index (χ0n) is 13.0. The van der Waals surface area contributed by atoms with Gasteiger partial charge in [-0.15, -0.1) is 0 Å². The first-order valence-corrected chi connectivity index (χ1v) is 7.69. The fourth-order valence-electron chi connectivity index (χ4n) is 2.55. The molecule has 0 amide bonds. The molecular formula is C15H24ClN3O2. The van der Waals surface area contributed by atoms with Crippen molar-refractivity contribution in [3.8, 4) is 0 Å². The summed E-state index contributed by atoms with van der Waals surface area (Å²) in [6.45, 7) is 7.81. The number of anilines is 1. The highest BCUT2D eigenvalue weighted by atomic mass is 35.5. The maximum atomic E-state index is 6.03. The second kappa shape index (κ2) is 7.94. The average Bonchev–Trinajstić information content (AvgIpc) is 2.52. The summed E-state index contributed by atoms with van der Waals surface area (Å²) >= 11 is 6.03. The van der Waals surface area contributed by atoms with Crippen molar-refractivity contribution < 1.29 is 9.47 Å². The quantitative estimate of drug-likeness (QED) is 0.753. The van der Waals surface area contributed by atoms with Crippen molar-refractivity contribution >= 4 is 17.3 Å². The third-order valence-electron chi connectivity index (χ3n) is 3.93. The molecule has 5 nitrogen and oxygen atoms in total. The molecule has 0 radical (unpaired) electrons. The van der Waals surface area contributed by atoms with Gasteiger partial charge in [0.05, 0.1) is 24.1 Å². The minimum Gasteiger partial charge on any atom is -0.383 e. The Morgan fingerprint density at radius 1 is 1.24 bits per heavy atom. The van der Waals surface area contributed by atoms with Crippen molar-refractivity contribution in [3.63, 3.8) is 0 Å². The van der Waals surface area contributed by atoms with E-state index in [1.165, 1.54) is 0 Å². The molecule has 0 N–H and O–H groups in total. The van der Waals surface area contributed by atoms with Crippen LogP contribution in [0.3, 0.4) is 0 Å². The molecule has 2 rings (SSSR count). The van der Waals surface area contributed by atoms with E-state index in [0.717, 1.165) is 50.7 Å². The highest BCUT2D eigenvalue weighted by Gasteiger charge is 2.22. The van der Waals surface area contributed by atoms with Crippen molar-refractivity contribution in [2.45, 2.75) is 13.0 Å². The fraction of sp³-hybridized carbons (Fsp3) is 0.667. The van der Waals surface area contributed by atoms with Gasteiger partial charge in [-0.05, 0) is 19.1 Å². The molecule has 1 aliphatic heterocycles. The van der Waals surface area contributed by atoms with E-state index in [9.17, 15) is 0 Å². The van der Waals surface area contributed by atoms with Crippen molar-refractivity contribution in [2.75, 3.05) is 58.5 Å². The van der Waals surface area contributed by atoms with Crippen LogP contribution in [0, 0.1) is 0 Å². The predicted molar refractivity (Wildman–Crippen MR) is 85.2 cm³/mol. The van der Waals surface area contributed by atoms with E-state index in [1.807, 2.05) is 19.1 Å². The standard InChI is InChI=1S/C15H24ClN3O2/c1-12(21-3)15-13(4-5-14(16)17-15)19-8-6-18(7-9-19)10-11-20-2/h4-5,12H,6-11H2,1-3H3. The van der Waals surface area contributed by atoms with E-state index in [0.29, 0.717) is 5.15 Å². The number of aromatic nitrogens is 1. The summed E-state index contributed by atoms with van der Waals surface area (Å²) in [6, 6.07) is 3.89. The van der Waals surface area contributed by atoms with Gasteiger partial charge in [-0.2, -0.15) is 0 Å². The van der Waals surface area contributed by atoms with E-state index in [1.54, 1.807) is 14.2 Å². The van der Waals surface area contributed by atoms with Gasteiger partial charge >= 0.3 is 0 Å². The minimum absolute atomic E-state index is 0.0646. The maximum absolute atomic E-state index is 6.03. The van der Waals surface area contributed by atoms with Crippen LogP contribution in [0.5, 0.6) is 0 Å². The molecule has 1 aromatic rings. The lowest BCUT2D eigenvalue weighted by molar-refractivity contribution is 0.116. The summed E-state index contributed by atoms with van der Waals surface area (Å²) in [7, 11) is 3.44. The van der Waals surface area contributed by atoms with Gasteiger partial charge in [0.2, 0.25) is 0 Å². The first kappa shape index (κ1) is 16.5. The van der Waals surface area contributed by atoms with Crippen molar-refractivity contribution in [1.29, 1.82) is 0 Å². The zero-order chi connectivity index (χ0) is 15.2. The van der Waals surface area contributed by atoms with Gasteiger partial charge < -0.3 is 14.4 Å². The Bertz CT molecular complexity index is 451. The van der Waals surface area contributed by atoms with E-state index in [-0.39, 0.29) is 6.10 Å². The molecule has 6 heteroatoms. The van der Waals surface area contributed by atoms with Crippen LogP contribution >= 0.6 is 11.6 Å². The molecule has 2 heterocycles. The van der Waals surface area contributed by atoms with Gasteiger partial charge in [-0.3, -0.25) is 4.90 Å². The van der Waals surface area contributed by atoms with Gasteiger partial charge in [0.1, 0.15) is 5.15 Å². The minimum atomic E-state index is -0.0646. The van der Waals surface area contributed by atoms with Crippen molar-refractivity contribution in [1.82, 2.24) is 9.88 Å². The second-order valence-corrected chi connectivity index (χ2v) is 5.63. The first-order valence-electron chi connectivity index (χ1n) is 7.31. The first-order chi connectivity index (χ1) is 10.2. The topological polar surface area (TPSA) is 37.8 Å². The Kier molecular flexibility index (Phi) is 6.23. The summed E-state index contributed by atoms with van der Waals surface area (Å²) < 4.78 is 10.6. The summed E-state index contributed by atoms with van der Waals surface area (Å²) in [5.74, 6) is 0. The lowest BCUT2D eigenvalue weighted by Gasteiger charge is -2.37. The molecule has 1 fully saturated rings. The largest absolute Gasteiger partial charge is 0.383 e. The van der Waals surface area contributed by atoms with Gasteiger partial charge in [-0.1, -0.05) is 11.6 Å². The number of rotatable bonds is 6. The summed E-state index contributed by atoms with van der Waals surface area (Å²) in [5, 5.41) is 0.511. The number of hydrogen-bond donors (Lipinski definition) is 0. The molecule has 1 unspecified atom stereocenters. The summed E-state index contributed by atoms with van der Waals surface area (Å²) in [5.41, 5.74) is 2.04. The van der Waals surface area contributed by atoms with Crippen LogP contribution < -0.4 is 4.90 Å². The molecule has 0 bridgehead atoms. The average molecular weight is 314 g/mol. The number of nitrogens with zero attached hydrogens (tertiary/aromatic N) is 3. The third kappa shape index (κ3) is 4.30. The smallest absolute Gasteiger partial charge is 0.129 e.